The van der Waals surface area contributed by atoms with Gasteiger partial charge in [-0.15, -0.1) is 0 Å². The van der Waals surface area contributed by atoms with Crippen molar-refractivity contribution in [2.75, 3.05) is 0 Å². The van der Waals surface area contributed by atoms with Gasteiger partial charge in [0.25, 0.3) is 0 Å². The van der Waals surface area contributed by atoms with E-state index in [1.807, 2.05) is 0 Å². The maximum absolute atomic E-state index is 11.6. The van der Waals surface area contributed by atoms with Gasteiger partial charge in [-0.1, -0.05) is 23.7 Å². The third kappa shape index (κ3) is 4.03. The molecule has 1 aromatic rings. The topological polar surface area (TPSA) is 43.4 Å². The van der Waals surface area contributed by atoms with Gasteiger partial charge in [0, 0.05) is 10.6 Å². The van der Waals surface area contributed by atoms with Crippen LogP contribution in [0, 0.1) is 0 Å². The summed E-state index contributed by atoms with van der Waals surface area (Å²) in [6.45, 7) is 3.48. The van der Waals surface area contributed by atoms with Crippen molar-refractivity contribution in [2.45, 2.75) is 26.4 Å². The Labute approximate surface area is 99.4 Å². The fourth-order valence-electron chi connectivity index (χ4n) is 1.20. The van der Waals surface area contributed by atoms with Crippen LogP contribution in [0.1, 0.15) is 30.6 Å². The second kappa shape index (κ2) is 5.66. The van der Waals surface area contributed by atoms with Gasteiger partial charge in [0.1, 0.15) is 6.42 Å². The van der Waals surface area contributed by atoms with Crippen LogP contribution in [0.15, 0.2) is 24.3 Å². The number of rotatable bonds is 4. The zero-order valence-electron chi connectivity index (χ0n) is 9.20. The molecule has 4 heteroatoms. The quantitative estimate of drug-likeness (QED) is 0.462. The largest absolute Gasteiger partial charge is 0.463 e. The second-order valence-electron chi connectivity index (χ2n) is 3.65. The molecule has 16 heavy (non-hydrogen) atoms. The van der Waals surface area contributed by atoms with Gasteiger partial charge in [0.05, 0.1) is 6.10 Å². The highest BCUT2D eigenvalue weighted by Gasteiger charge is 2.14. The number of esters is 1. The first kappa shape index (κ1) is 12.7. The SMILES string of the molecule is CC(C)OC(=O)CC(=O)c1cccc(Cl)c1. The van der Waals surface area contributed by atoms with Gasteiger partial charge in [-0.05, 0) is 26.0 Å². The summed E-state index contributed by atoms with van der Waals surface area (Å²) in [5.74, 6) is -0.798. The number of hydrogen-bond donors (Lipinski definition) is 0. The van der Waals surface area contributed by atoms with Crippen LogP contribution >= 0.6 is 11.6 Å². The third-order valence-corrected chi connectivity index (χ3v) is 2.05. The highest BCUT2D eigenvalue weighted by atomic mass is 35.5. The van der Waals surface area contributed by atoms with E-state index in [1.165, 1.54) is 6.07 Å². The zero-order valence-corrected chi connectivity index (χ0v) is 9.95. The summed E-state index contributed by atoms with van der Waals surface area (Å²) in [6.07, 6.45) is -0.460. The lowest BCUT2D eigenvalue weighted by Gasteiger charge is -2.07. The third-order valence-electron chi connectivity index (χ3n) is 1.82. The smallest absolute Gasteiger partial charge is 0.313 e. The molecule has 0 aromatic heterocycles. The van der Waals surface area contributed by atoms with E-state index in [-0.39, 0.29) is 18.3 Å². The van der Waals surface area contributed by atoms with E-state index >= 15 is 0 Å². The van der Waals surface area contributed by atoms with E-state index in [0.717, 1.165) is 0 Å². The van der Waals surface area contributed by atoms with Crippen LogP contribution < -0.4 is 0 Å². The van der Waals surface area contributed by atoms with E-state index < -0.39 is 5.97 Å². The normalized spacial score (nSPS) is 10.2. The Morgan fingerprint density at radius 2 is 2.06 bits per heavy atom. The lowest BCUT2D eigenvalue weighted by molar-refractivity contribution is -0.146. The van der Waals surface area contributed by atoms with Crippen LogP contribution in [0.3, 0.4) is 0 Å². The van der Waals surface area contributed by atoms with Crippen LogP contribution in [0.25, 0.3) is 0 Å². The van der Waals surface area contributed by atoms with Crippen LogP contribution in [0.4, 0.5) is 0 Å². The molecule has 3 nitrogen and oxygen atoms in total. The van der Waals surface area contributed by atoms with E-state index in [2.05, 4.69) is 0 Å². The van der Waals surface area contributed by atoms with Crippen molar-refractivity contribution >= 4 is 23.4 Å². The minimum Gasteiger partial charge on any atom is -0.463 e. The summed E-state index contributed by atoms with van der Waals surface area (Å²) in [5.41, 5.74) is 0.424. The molecule has 0 fully saturated rings. The Morgan fingerprint density at radius 1 is 1.38 bits per heavy atom. The molecule has 0 aliphatic carbocycles. The van der Waals surface area contributed by atoms with Gasteiger partial charge in [-0.3, -0.25) is 9.59 Å². The standard InChI is InChI=1S/C12H13ClO3/c1-8(2)16-12(15)7-11(14)9-4-3-5-10(13)6-9/h3-6,8H,7H2,1-2H3. The fourth-order valence-corrected chi connectivity index (χ4v) is 1.39. The monoisotopic (exact) mass is 240 g/mol. The van der Waals surface area contributed by atoms with Crippen LogP contribution in [0.5, 0.6) is 0 Å². The molecule has 0 amide bonds. The molecule has 1 aromatic carbocycles. The summed E-state index contributed by atoms with van der Waals surface area (Å²) in [4.78, 5) is 22.9. The number of ether oxygens (including phenoxy) is 1. The molecule has 0 N–H and O–H groups in total. The van der Waals surface area contributed by atoms with Crippen molar-refractivity contribution < 1.29 is 14.3 Å². The average molecular weight is 241 g/mol. The molecule has 0 radical (unpaired) electrons. The number of halogens is 1. The molecule has 86 valence electrons. The first-order valence-corrected chi connectivity index (χ1v) is 5.35. The molecule has 0 spiro atoms. The van der Waals surface area contributed by atoms with E-state index in [9.17, 15) is 9.59 Å². The molecular weight excluding hydrogens is 228 g/mol. The Bertz CT molecular complexity index is 399. The lowest BCUT2D eigenvalue weighted by Crippen LogP contribution is -2.15. The van der Waals surface area contributed by atoms with Crippen molar-refractivity contribution in [3.8, 4) is 0 Å². The predicted molar refractivity (Wildman–Crippen MR) is 61.6 cm³/mol. The summed E-state index contributed by atoms with van der Waals surface area (Å²) >= 11 is 5.74. The van der Waals surface area contributed by atoms with Gasteiger partial charge in [-0.2, -0.15) is 0 Å². The molecule has 0 atom stereocenters. The maximum Gasteiger partial charge on any atom is 0.313 e. The number of Topliss-reactive ketones (excluding diaryl/α,β-unsaturated/α-hetero) is 1. The fraction of sp³-hybridized carbons (Fsp3) is 0.333. The summed E-state index contributed by atoms with van der Waals surface area (Å²) in [7, 11) is 0. The van der Waals surface area contributed by atoms with E-state index in [4.69, 9.17) is 16.3 Å². The number of hydrogen-bond acceptors (Lipinski definition) is 3. The van der Waals surface area contributed by atoms with E-state index in [0.29, 0.717) is 10.6 Å². The Balaban J connectivity index is 2.62. The molecule has 1 rings (SSSR count). The van der Waals surface area contributed by atoms with Crippen LogP contribution in [0.2, 0.25) is 5.02 Å². The summed E-state index contributed by atoms with van der Waals surface area (Å²) in [6, 6.07) is 6.50. The molecular formula is C12H13ClO3. The summed E-state index contributed by atoms with van der Waals surface area (Å²) in [5, 5.41) is 0.475. The zero-order chi connectivity index (χ0) is 12.1. The van der Waals surface area contributed by atoms with Crippen molar-refractivity contribution in [3.05, 3.63) is 34.9 Å². The molecule has 0 bridgehead atoms. The molecule has 0 unspecified atom stereocenters. The minimum atomic E-state index is -0.514. The molecule has 0 saturated heterocycles. The summed E-state index contributed by atoms with van der Waals surface area (Å²) < 4.78 is 4.88. The number of benzene rings is 1. The van der Waals surface area contributed by atoms with Crippen molar-refractivity contribution in [3.63, 3.8) is 0 Å². The Kier molecular flexibility index (Phi) is 4.50. The first-order chi connectivity index (χ1) is 7.49. The first-order valence-electron chi connectivity index (χ1n) is 4.97. The van der Waals surface area contributed by atoms with Gasteiger partial charge >= 0.3 is 5.97 Å². The minimum absolute atomic E-state index is 0.209. The number of ketones is 1. The molecule has 0 aliphatic heterocycles. The van der Waals surface area contributed by atoms with Crippen LogP contribution in [-0.2, 0) is 9.53 Å². The van der Waals surface area contributed by atoms with Gasteiger partial charge in [0.2, 0.25) is 0 Å². The number of carbonyl (C=O) groups excluding carboxylic acids is 2. The van der Waals surface area contributed by atoms with Crippen LogP contribution in [-0.4, -0.2) is 17.9 Å². The molecule has 0 heterocycles. The van der Waals surface area contributed by atoms with Gasteiger partial charge in [-0.25, -0.2) is 0 Å². The van der Waals surface area contributed by atoms with Crippen molar-refractivity contribution in [1.82, 2.24) is 0 Å². The lowest BCUT2D eigenvalue weighted by atomic mass is 10.1. The molecule has 0 saturated carbocycles. The number of carbonyl (C=O) groups is 2. The second-order valence-corrected chi connectivity index (χ2v) is 4.09. The van der Waals surface area contributed by atoms with Crippen molar-refractivity contribution in [1.29, 1.82) is 0 Å². The Morgan fingerprint density at radius 3 is 2.62 bits per heavy atom. The highest BCUT2D eigenvalue weighted by Crippen LogP contribution is 2.12. The van der Waals surface area contributed by atoms with Gasteiger partial charge in [0.15, 0.2) is 5.78 Å². The molecule has 0 aliphatic rings. The highest BCUT2D eigenvalue weighted by molar-refractivity contribution is 6.31. The maximum atomic E-state index is 11.6. The Hall–Kier alpha value is -1.35. The average Bonchev–Trinajstić information content (AvgIpc) is 2.16. The van der Waals surface area contributed by atoms with E-state index in [1.54, 1.807) is 32.0 Å². The van der Waals surface area contributed by atoms with Gasteiger partial charge < -0.3 is 4.74 Å². The predicted octanol–water partition coefficient (Wildman–Crippen LogP) is 2.86. The van der Waals surface area contributed by atoms with Crippen molar-refractivity contribution in [2.24, 2.45) is 0 Å².